The second-order valence-corrected chi connectivity index (χ2v) is 4.95. The number of aliphatic hydroxyl groups excluding tert-OH is 2. The zero-order chi connectivity index (χ0) is 10.5. The highest BCUT2D eigenvalue weighted by atomic mass is 16.4. The predicted octanol–water partition coefficient (Wildman–Crippen LogP) is 0.918. The topological polar surface area (TPSA) is 60.7 Å². The van der Waals surface area contributed by atoms with Gasteiger partial charge in [0.05, 0.1) is 13.2 Å². The van der Waals surface area contributed by atoms with Crippen LogP contribution in [0.5, 0.6) is 0 Å². The lowest BCUT2D eigenvalue weighted by Gasteiger charge is -2.25. The molecular weight excluding hydrogens is 168 g/mol. The lowest BCUT2D eigenvalue weighted by atomic mass is 9.87. The monoisotopic (exact) mass is 190 g/mol. The molecular formula is C10H22O3. The average Bonchev–Trinajstić information content (AvgIpc) is 2.02. The molecule has 0 atom stereocenters. The molecule has 0 spiro atoms. The first-order valence-corrected chi connectivity index (χ1v) is 4.77. The minimum atomic E-state index is -1.29. The summed E-state index contributed by atoms with van der Waals surface area (Å²) in [5.41, 5.74) is -1.04. The van der Waals surface area contributed by atoms with Crippen LogP contribution in [0.1, 0.15) is 40.0 Å². The van der Waals surface area contributed by atoms with Crippen LogP contribution in [0, 0.1) is 5.41 Å². The summed E-state index contributed by atoms with van der Waals surface area (Å²) < 4.78 is 0. The summed E-state index contributed by atoms with van der Waals surface area (Å²) in [6.07, 6.45) is 2.26. The van der Waals surface area contributed by atoms with Crippen molar-refractivity contribution in [1.29, 1.82) is 0 Å². The van der Waals surface area contributed by atoms with Gasteiger partial charge in [0, 0.05) is 0 Å². The highest BCUT2D eigenvalue weighted by Gasteiger charge is 2.25. The molecule has 0 bridgehead atoms. The number of hydrogen-bond donors (Lipinski definition) is 3. The van der Waals surface area contributed by atoms with Crippen LogP contribution in [-0.4, -0.2) is 34.1 Å². The van der Waals surface area contributed by atoms with Crippen molar-refractivity contribution in [3.05, 3.63) is 0 Å². The Balaban J connectivity index is 3.74. The van der Waals surface area contributed by atoms with Gasteiger partial charge in [-0.15, -0.1) is 0 Å². The van der Waals surface area contributed by atoms with E-state index in [9.17, 15) is 5.11 Å². The fourth-order valence-corrected chi connectivity index (χ4v) is 1.16. The minimum Gasteiger partial charge on any atom is -0.393 e. The van der Waals surface area contributed by atoms with Crippen LogP contribution < -0.4 is 0 Å². The predicted molar refractivity (Wildman–Crippen MR) is 52.4 cm³/mol. The number of hydrogen-bond acceptors (Lipinski definition) is 3. The second kappa shape index (κ2) is 4.94. The van der Waals surface area contributed by atoms with E-state index in [-0.39, 0.29) is 18.6 Å². The molecule has 0 unspecified atom stereocenters. The minimum absolute atomic E-state index is 0.242. The first kappa shape index (κ1) is 12.9. The normalized spacial score (nSPS) is 13.4. The van der Waals surface area contributed by atoms with Crippen molar-refractivity contribution < 1.29 is 15.3 Å². The van der Waals surface area contributed by atoms with Gasteiger partial charge in [-0.05, 0) is 24.7 Å². The van der Waals surface area contributed by atoms with E-state index in [0.717, 1.165) is 12.8 Å². The molecule has 0 amide bonds. The van der Waals surface area contributed by atoms with Gasteiger partial charge in [0.2, 0.25) is 0 Å². The maximum atomic E-state index is 9.53. The first-order chi connectivity index (χ1) is 5.83. The van der Waals surface area contributed by atoms with Gasteiger partial charge >= 0.3 is 0 Å². The Bertz CT molecular complexity index is 134. The van der Waals surface area contributed by atoms with Crippen LogP contribution in [0.25, 0.3) is 0 Å². The maximum absolute atomic E-state index is 9.53. The molecule has 0 radical (unpaired) electrons. The molecule has 3 nitrogen and oxygen atoms in total. The van der Waals surface area contributed by atoms with Crippen LogP contribution in [0.2, 0.25) is 0 Å². The quantitative estimate of drug-likeness (QED) is 0.604. The van der Waals surface area contributed by atoms with E-state index in [0.29, 0.717) is 6.42 Å². The molecule has 0 rings (SSSR count). The third kappa shape index (κ3) is 6.02. The Hall–Kier alpha value is -0.120. The van der Waals surface area contributed by atoms with E-state index in [4.69, 9.17) is 10.2 Å². The summed E-state index contributed by atoms with van der Waals surface area (Å²) in [5.74, 6) is 0. The van der Waals surface area contributed by atoms with E-state index in [2.05, 4.69) is 20.8 Å². The van der Waals surface area contributed by atoms with E-state index in [1.54, 1.807) is 0 Å². The average molecular weight is 190 g/mol. The summed E-state index contributed by atoms with van der Waals surface area (Å²) in [6, 6.07) is 0. The molecule has 13 heavy (non-hydrogen) atoms. The van der Waals surface area contributed by atoms with Crippen molar-refractivity contribution in [2.45, 2.75) is 45.6 Å². The fraction of sp³-hybridized carbons (Fsp3) is 1.00. The van der Waals surface area contributed by atoms with Crippen LogP contribution in [-0.2, 0) is 0 Å². The van der Waals surface area contributed by atoms with Gasteiger partial charge in [-0.25, -0.2) is 0 Å². The summed E-state index contributed by atoms with van der Waals surface area (Å²) >= 11 is 0. The van der Waals surface area contributed by atoms with Crippen molar-refractivity contribution in [2.24, 2.45) is 5.41 Å². The summed E-state index contributed by atoms with van der Waals surface area (Å²) in [6.45, 7) is 5.65. The van der Waals surface area contributed by atoms with Gasteiger partial charge in [0.1, 0.15) is 5.60 Å². The van der Waals surface area contributed by atoms with Gasteiger partial charge in [-0.3, -0.25) is 0 Å². The molecule has 80 valence electrons. The van der Waals surface area contributed by atoms with Crippen LogP contribution in [0.3, 0.4) is 0 Å². The third-order valence-electron chi connectivity index (χ3n) is 2.16. The van der Waals surface area contributed by atoms with Crippen molar-refractivity contribution in [1.82, 2.24) is 0 Å². The standard InChI is InChI=1S/C10H22O3/c1-9(2,3)5-4-6-10(13,7-11)8-12/h11-13H,4-8H2,1-3H3. The molecule has 3 heteroatoms. The molecule has 0 saturated heterocycles. The summed E-state index contributed by atoms with van der Waals surface area (Å²) in [4.78, 5) is 0. The highest BCUT2D eigenvalue weighted by molar-refractivity contribution is 4.77. The second-order valence-electron chi connectivity index (χ2n) is 4.95. The van der Waals surface area contributed by atoms with Crippen molar-refractivity contribution in [3.63, 3.8) is 0 Å². The molecule has 0 aromatic heterocycles. The highest BCUT2D eigenvalue weighted by Crippen LogP contribution is 2.24. The first-order valence-electron chi connectivity index (χ1n) is 4.77. The van der Waals surface area contributed by atoms with Gasteiger partial charge < -0.3 is 15.3 Å². The van der Waals surface area contributed by atoms with E-state index in [1.165, 1.54) is 0 Å². The van der Waals surface area contributed by atoms with Crippen LogP contribution in [0.15, 0.2) is 0 Å². The Labute approximate surface area is 80.4 Å². The molecule has 0 aromatic carbocycles. The van der Waals surface area contributed by atoms with E-state index >= 15 is 0 Å². The summed E-state index contributed by atoms with van der Waals surface area (Å²) in [5, 5.41) is 27.1. The smallest absolute Gasteiger partial charge is 0.111 e. The van der Waals surface area contributed by atoms with Crippen molar-refractivity contribution in [3.8, 4) is 0 Å². The molecule has 0 fully saturated rings. The largest absolute Gasteiger partial charge is 0.393 e. The molecule has 0 aromatic rings. The van der Waals surface area contributed by atoms with Crippen LogP contribution in [0.4, 0.5) is 0 Å². The summed E-state index contributed by atoms with van der Waals surface area (Å²) in [7, 11) is 0. The molecule has 0 aliphatic carbocycles. The maximum Gasteiger partial charge on any atom is 0.111 e. The van der Waals surface area contributed by atoms with Crippen molar-refractivity contribution >= 4 is 0 Å². The van der Waals surface area contributed by atoms with Crippen molar-refractivity contribution in [2.75, 3.05) is 13.2 Å². The Kier molecular flexibility index (Phi) is 4.89. The van der Waals surface area contributed by atoms with Gasteiger partial charge in [-0.1, -0.05) is 20.8 Å². The van der Waals surface area contributed by atoms with E-state index in [1.807, 2.05) is 0 Å². The Morgan fingerprint density at radius 1 is 0.923 bits per heavy atom. The lowest BCUT2D eigenvalue weighted by Crippen LogP contribution is -2.37. The molecule has 0 saturated carbocycles. The number of rotatable bonds is 5. The van der Waals surface area contributed by atoms with Gasteiger partial charge in [-0.2, -0.15) is 0 Å². The molecule has 3 N–H and O–H groups in total. The van der Waals surface area contributed by atoms with Gasteiger partial charge in [0.15, 0.2) is 0 Å². The number of aliphatic hydroxyl groups is 3. The van der Waals surface area contributed by atoms with E-state index < -0.39 is 5.60 Å². The lowest BCUT2D eigenvalue weighted by molar-refractivity contribution is -0.0625. The third-order valence-corrected chi connectivity index (χ3v) is 2.16. The van der Waals surface area contributed by atoms with Crippen LogP contribution >= 0.6 is 0 Å². The zero-order valence-corrected chi connectivity index (χ0v) is 8.88. The molecule has 0 aliphatic rings. The zero-order valence-electron chi connectivity index (χ0n) is 8.88. The molecule has 0 aliphatic heterocycles. The molecule has 0 heterocycles. The van der Waals surface area contributed by atoms with Gasteiger partial charge in [0.25, 0.3) is 0 Å². The Morgan fingerprint density at radius 2 is 1.38 bits per heavy atom. The fourth-order valence-electron chi connectivity index (χ4n) is 1.16. The SMILES string of the molecule is CC(C)(C)CCCC(O)(CO)CO. The Morgan fingerprint density at radius 3 is 1.69 bits per heavy atom.